The molecular formula is C19H17BrFN3O. The first-order valence-electron chi connectivity index (χ1n) is 8.30. The van der Waals surface area contributed by atoms with Crippen molar-refractivity contribution in [3.8, 4) is 0 Å². The highest BCUT2D eigenvalue weighted by molar-refractivity contribution is 9.10. The molecule has 1 amide bonds. The molecule has 128 valence electrons. The molecule has 1 aromatic heterocycles. The number of nitrogens with zero attached hydrogens (tertiary/aromatic N) is 2. The van der Waals surface area contributed by atoms with E-state index in [0.717, 1.165) is 34.2 Å². The van der Waals surface area contributed by atoms with Crippen molar-refractivity contribution in [3.05, 3.63) is 64.1 Å². The van der Waals surface area contributed by atoms with Crippen LogP contribution in [-0.4, -0.2) is 33.9 Å². The van der Waals surface area contributed by atoms with Crippen LogP contribution in [-0.2, 0) is 0 Å². The third kappa shape index (κ3) is 3.31. The number of fused-ring (bicyclic) bond motifs is 1. The minimum Gasteiger partial charge on any atom is -0.342 e. The zero-order valence-corrected chi connectivity index (χ0v) is 15.1. The number of carbonyl (C=O) groups excluding carboxylic acids is 1. The second-order valence-corrected chi connectivity index (χ2v) is 7.28. The minimum atomic E-state index is -0.267. The summed E-state index contributed by atoms with van der Waals surface area (Å²) < 4.78 is 14.2. The van der Waals surface area contributed by atoms with Crippen LogP contribution in [0.25, 0.3) is 11.0 Å². The molecule has 1 saturated heterocycles. The van der Waals surface area contributed by atoms with Gasteiger partial charge in [-0.05, 0) is 49.2 Å². The zero-order valence-electron chi connectivity index (χ0n) is 13.5. The number of aromatic amines is 1. The molecule has 2 aromatic carbocycles. The Balaban J connectivity index is 1.46. The number of H-pyrrole nitrogens is 1. The van der Waals surface area contributed by atoms with Crippen molar-refractivity contribution in [2.75, 3.05) is 13.1 Å². The summed E-state index contributed by atoms with van der Waals surface area (Å²) in [5.74, 6) is 0.945. The largest absolute Gasteiger partial charge is 0.342 e. The third-order valence-corrected chi connectivity index (χ3v) is 5.20. The van der Waals surface area contributed by atoms with E-state index < -0.39 is 0 Å². The third-order valence-electron chi connectivity index (χ3n) is 4.70. The Hall–Kier alpha value is -2.21. The highest BCUT2D eigenvalue weighted by atomic mass is 79.9. The Labute approximate surface area is 153 Å². The summed E-state index contributed by atoms with van der Waals surface area (Å²) in [5.41, 5.74) is 2.21. The van der Waals surface area contributed by atoms with Gasteiger partial charge in [-0.15, -0.1) is 0 Å². The molecule has 0 saturated carbocycles. The molecule has 1 fully saturated rings. The summed E-state index contributed by atoms with van der Waals surface area (Å²) in [6, 6.07) is 12.1. The number of benzene rings is 2. The van der Waals surface area contributed by atoms with E-state index in [1.54, 1.807) is 6.07 Å². The first kappa shape index (κ1) is 16.3. The number of imidazole rings is 1. The molecule has 25 heavy (non-hydrogen) atoms. The lowest BCUT2D eigenvalue weighted by Crippen LogP contribution is -2.38. The molecule has 0 spiro atoms. The Morgan fingerprint density at radius 2 is 2.00 bits per heavy atom. The van der Waals surface area contributed by atoms with Gasteiger partial charge in [0.1, 0.15) is 11.6 Å². The van der Waals surface area contributed by atoms with Crippen LogP contribution in [0.2, 0.25) is 0 Å². The number of nitrogens with one attached hydrogen (secondary N) is 1. The molecule has 0 atom stereocenters. The molecule has 1 N–H and O–H groups in total. The maximum absolute atomic E-state index is 13.3. The number of aromatic nitrogens is 2. The van der Waals surface area contributed by atoms with Gasteiger partial charge in [-0.2, -0.15) is 0 Å². The first-order chi connectivity index (χ1) is 12.1. The Kier molecular flexibility index (Phi) is 4.29. The summed E-state index contributed by atoms with van der Waals surface area (Å²) in [7, 11) is 0. The predicted octanol–water partition coefficient (Wildman–Crippen LogP) is 4.48. The number of hydrogen-bond acceptors (Lipinski definition) is 2. The predicted molar refractivity (Wildman–Crippen MR) is 98.1 cm³/mol. The maximum Gasteiger partial charge on any atom is 0.253 e. The van der Waals surface area contributed by atoms with Crippen LogP contribution in [0.4, 0.5) is 4.39 Å². The number of piperidine rings is 1. The molecule has 1 aliphatic heterocycles. The van der Waals surface area contributed by atoms with Gasteiger partial charge in [-0.1, -0.05) is 22.0 Å². The van der Waals surface area contributed by atoms with E-state index in [1.165, 1.54) is 12.1 Å². The van der Waals surface area contributed by atoms with Crippen molar-refractivity contribution >= 4 is 32.9 Å². The highest BCUT2D eigenvalue weighted by Gasteiger charge is 2.26. The summed E-state index contributed by atoms with van der Waals surface area (Å²) in [4.78, 5) is 22.3. The Morgan fingerprint density at radius 1 is 1.20 bits per heavy atom. The molecule has 2 heterocycles. The molecular weight excluding hydrogens is 385 g/mol. The van der Waals surface area contributed by atoms with Crippen LogP contribution >= 0.6 is 15.9 Å². The van der Waals surface area contributed by atoms with Crippen LogP contribution in [0.15, 0.2) is 46.9 Å². The van der Waals surface area contributed by atoms with Gasteiger partial charge in [0.05, 0.1) is 11.0 Å². The van der Waals surface area contributed by atoms with E-state index in [2.05, 4.69) is 25.9 Å². The van der Waals surface area contributed by atoms with Crippen molar-refractivity contribution in [1.29, 1.82) is 0 Å². The number of likely N-dealkylation sites (tertiary alicyclic amines) is 1. The molecule has 0 bridgehead atoms. The fraction of sp³-hybridized carbons (Fsp3) is 0.263. The smallest absolute Gasteiger partial charge is 0.253 e. The quantitative estimate of drug-likeness (QED) is 0.687. The van der Waals surface area contributed by atoms with Crippen LogP contribution in [0.3, 0.4) is 0 Å². The molecule has 0 radical (unpaired) electrons. The second-order valence-electron chi connectivity index (χ2n) is 6.36. The number of carbonyl (C=O) groups is 1. The van der Waals surface area contributed by atoms with Gasteiger partial charge in [0, 0.05) is 29.0 Å². The van der Waals surface area contributed by atoms with Crippen molar-refractivity contribution in [2.24, 2.45) is 0 Å². The highest BCUT2D eigenvalue weighted by Crippen LogP contribution is 2.28. The van der Waals surface area contributed by atoms with Gasteiger partial charge >= 0.3 is 0 Å². The van der Waals surface area contributed by atoms with Gasteiger partial charge < -0.3 is 9.88 Å². The molecule has 4 rings (SSSR count). The average molecular weight is 402 g/mol. The fourth-order valence-electron chi connectivity index (χ4n) is 3.36. The van der Waals surface area contributed by atoms with E-state index in [9.17, 15) is 9.18 Å². The van der Waals surface area contributed by atoms with Crippen molar-refractivity contribution in [3.63, 3.8) is 0 Å². The lowest BCUT2D eigenvalue weighted by atomic mass is 9.95. The standard InChI is InChI=1S/C19H17BrFN3O/c20-14-3-1-2-13(10-14)19(25)24-8-6-12(7-9-24)18-22-16-5-4-15(21)11-17(16)23-18/h1-5,10-12H,6-9H2,(H,22,23). The van der Waals surface area contributed by atoms with Crippen molar-refractivity contribution < 1.29 is 9.18 Å². The number of hydrogen-bond donors (Lipinski definition) is 1. The maximum atomic E-state index is 13.3. The SMILES string of the molecule is O=C(c1cccc(Br)c1)N1CCC(c2nc3ccc(F)cc3[nH]2)CC1. The normalized spacial score (nSPS) is 15.7. The van der Waals surface area contributed by atoms with Crippen LogP contribution in [0.5, 0.6) is 0 Å². The number of rotatable bonds is 2. The molecule has 0 aliphatic carbocycles. The van der Waals surface area contributed by atoms with Gasteiger partial charge in [0.2, 0.25) is 0 Å². The van der Waals surface area contributed by atoms with Gasteiger partial charge in [0.25, 0.3) is 5.91 Å². The van der Waals surface area contributed by atoms with Gasteiger partial charge in [0.15, 0.2) is 0 Å². The second kappa shape index (κ2) is 6.59. The van der Waals surface area contributed by atoms with Gasteiger partial charge in [-0.3, -0.25) is 4.79 Å². The summed E-state index contributed by atoms with van der Waals surface area (Å²) >= 11 is 3.41. The van der Waals surface area contributed by atoms with Crippen LogP contribution in [0.1, 0.15) is 34.9 Å². The molecule has 4 nitrogen and oxygen atoms in total. The minimum absolute atomic E-state index is 0.0615. The van der Waals surface area contributed by atoms with E-state index in [1.807, 2.05) is 29.2 Å². The summed E-state index contributed by atoms with van der Waals surface area (Å²) in [6.07, 6.45) is 1.70. The molecule has 6 heteroatoms. The summed E-state index contributed by atoms with van der Waals surface area (Å²) in [5, 5.41) is 0. The van der Waals surface area contributed by atoms with E-state index >= 15 is 0 Å². The topological polar surface area (TPSA) is 49.0 Å². The first-order valence-corrected chi connectivity index (χ1v) is 9.09. The van der Waals surface area contributed by atoms with Crippen LogP contribution in [0, 0.1) is 5.82 Å². The Morgan fingerprint density at radius 3 is 2.76 bits per heavy atom. The molecule has 3 aromatic rings. The Bertz CT molecular complexity index is 931. The van der Waals surface area contributed by atoms with Crippen molar-refractivity contribution in [2.45, 2.75) is 18.8 Å². The lowest BCUT2D eigenvalue weighted by molar-refractivity contribution is 0.0711. The van der Waals surface area contributed by atoms with E-state index in [-0.39, 0.29) is 17.6 Å². The van der Waals surface area contributed by atoms with Crippen molar-refractivity contribution in [1.82, 2.24) is 14.9 Å². The van der Waals surface area contributed by atoms with E-state index in [0.29, 0.717) is 18.7 Å². The molecule has 1 aliphatic rings. The average Bonchev–Trinajstić information content (AvgIpc) is 3.04. The van der Waals surface area contributed by atoms with Gasteiger partial charge in [-0.25, -0.2) is 9.37 Å². The molecule has 0 unspecified atom stereocenters. The van der Waals surface area contributed by atoms with E-state index in [4.69, 9.17) is 0 Å². The van der Waals surface area contributed by atoms with Crippen LogP contribution < -0.4 is 0 Å². The lowest BCUT2D eigenvalue weighted by Gasteiger charge is -2.31. The zero-order chi connectivity index (χ0) is 17.4. The number of halogens is 2. The fourth-order valence-corrected chi connectivity index (χ4v) is 3.75. The monoisotopic (exact) mass is 401 g/mol. The number of amides is 1. The summed E-state index contributed by atoms with van der Waals surface area (Å²) in [6.45, 7) is 1.39.